The predicted octanol–water partition coefficient (Wildman–Crippen LogP) is 1.64. The molecular weight excluding hydrogens is 233 g/mol. The maximum atomic E-state index is 11.9. The Labute approximate surface area is 100 Å². The Hall–Kier alpha value is -0.330. The lowest BCUT2D eigenvalue weighted by Gasteiger charge is -2.41. The maximum Gasteiger partial charge on any atom is 0.401 e. The van der Waals surface area contributed by atoms with Crippen molar-refractivity contribution in [2.45, 2.75) is 38.7 Å². The number of hydrogen-bond acceptors (Lipinski definition) is 3. The molecule has 0 aromatic heterocycles. The van der Waals surface area contributed by atoms with E-state index in [0.29, 0.717) is 13.1 Å². The zero-order valence-corrected chi connectivity index (χ0v) is 10.6. The lowest BCUT2D eigenvalue weighted by Crippen LogP contribution is -2.53. The third-order valence-corrected chi connectivity index (χ3v) is 2.57. The number of hydrogen-bond donors (Lipinski definition) is 1. The first kappa shape index (κ1) is 14.7. The maximum absolute atomic E-state index is 11.9. The molecule has 0 aromatic carbocycles. The van der Waals surface area contributed by atoms with E-state index in [4.69, 9.17) is 4.74 Å². The number of nitrogens with one attached hydrogen (secondary N) is 1. The molecule has 0 aliphatic carbocycles. The molecule has 0 radical (unpaired) electrons. The van der Waals surface area contributed by atoms with Crippen molar-refractivity contribution in [2.24, 2.45) is 0 Å². The monoisotopic (exact) mass is 254 g/mol. The summed E-state index contributed by atoms with van der Waals surface area (Å²) in [6, 6.07) is 0. The molecule has 102 valence electrons. The highest BCUT2D eigenvalue weighted by Gasteiger charge is 2.31. The number of rotatable bonds is 4. The van der Waals surface area contributed by atoms with Gasteiger partial charge < -0.3 is 10.1 Å². The van der Waals surface area contributed by atoms with Gasteiger partial charge in [-0.15, -0.1) is 0 Å². The second-order valence-corrected chi connectivity index (χ2v) is 5.22. The van der Waals surface area contributed by atoms with Crippen molar-refractivity contribution in [3.05, 3.63) is 0 Å². The average molecular weight is 254 g/mol. The first-order valence-electron chi connectivity index (χ1n) is 5.86. The molecule has 3 nitrogen and oxygen atoms in total. The van der Waals surface area contributed by atoms with Crippen LogP contribution in [0.5, 0.6) is 0 Å². The summed E-state index contributed by atoms with van der Waals surface area (Å²) in [5.74, 6) is 0. The molecule has 1 atom stereocenters. The molecule has 1 aliphatic heterocycles. The normalized spacial score (nSPS) is 26.1. The largest absolute Gasteiger partial charge is 0.401 e. The van der Waals surface area contributed by atoms with Crippen LogP contribution < -0.4 is 5.32 Å². The first-order valence-corrected chi connectivity index (χ1v) is 5.86. The van der Waals surface area contributed by atoms with Crippen LogP contribution in [-0.4, -0.2) is 55.5 Å². The van der Waals surface area contributed by atoms with Gasteiger partial charge in [0.1, 0.15) is 0 Å². The van der Waals surface area contributed by atoms with E-state index in [2.05, 4.69) is 10.2 Å². The van der Waals surface area contributed by atoms with Gasteiger partial charge in [0, 0.05) is 26.2 Å². The molecule has 1 N–H and O–H groups in total. The van der Waals surface area contributed by atoms with E-state index in [-0.39, 0.29) is 11.7 Å². The van der Waals surface area contributed by atoms with Gasteiger partial charge in [0.2, 0.25) is 0 Å². The van der Waals surface area contributed by atoms with Crippen LogP contribution in [0.25, 0.3) is 0 Å². The molecule has 1 saturated heterocycles. The molecule has 1 fully saturated rings. The van der Waals surface area contributed by atoms with E-state index in [0.717, 1.165) is 13.1 Å². The predicted molar refractivity (Wildman–Crippen MR) is 60.0 cm³/mol. The summed E-state index contributed by atoms with van der Waals surface area (Å²) in [5, 5.41) is 2.41. The standard InChI is InChI=1S/C11H21F3N2O/c1-9-6-16(8-10(2,3)17-9)5-4-15-7-11(12,13)14/h9,15H,4-8H2,1-3H3. The fraction of sp³-hybridized carbons (Fsp3) is 1.00. The lowest BCUT2D eigenvalue weighted by atomic mass is 10.1. The second-order valence-electron chi connectivity index (χ2n) is 5.22. The lowest BCUT2D eigenvalue weighted by molar-refractivity contribution is -0.132. The Morgan fingerprint density at radius 3 is 2.59 bits per heavy atom. The highest BCUT2D eigenvalue weighted by atomic mass is 19.4. The van der Waals surface area contributed by atoms with Gasteiger partial charge in [0.05, 0.1) is 18.2 Å². The van der Waals surface area contributed by atoms with Crippen molar-refractivity contribution in [3.63, 3.8) is 0 Å². The average Bonchev–Trinajstić information content (AvgIpc) is 2.07. The van der Waals surface area contributed by atoms with Crippen LogP contribution in [0.15, 0.2) is 0 Å². The molecule has 1 aliphatic rings. The fourth-order valence-corrected chi connectivity index (χ4v) is 2.22. The molecule has 1 rings (SSSR count). The molecule has 1 heterocycles. The number of halogens is 3. The SMILES string of the molecule is CC1CN(CCNCC(F)(F)F)CC(C)(C)O1. The fourth-order valence-electron chi connectivity index (χ4n) is 2.22. The van der Waals surface area contributed by atoms with Gasteiger partial charge in [-0.05, 0) is 20.8 Å². The molecule has 0 amide bonds. The first-order chi connectivity index (χ1) is 7.68. The van der Waals surface area contributed by atoms with Crippen LogP contribution >= 0.6 is 0 Å². The van der Waals surface area contributed by atoms with Crippen molar-refractivity contribution in [3.8, 4) is 0 Å². The van der Waals surface area contributed by atoms with Crippen molar-refractivity contribution in [2.75, 3.05) is 32.7 Å². The summed E-state index contributed by atoms with van der Waals surface area (Å²) >= 11 is 0. The molecule has 0 aromatic rings. The summed E-state index contributed by atoms with van der Waals surface area (Å²) in [6.45, 7) is 7.56. The minimum absolute atomic E-state index is 0.126. The number of nitrogens with zero attached hydrogens (tertiary/aromatic N) is 1. The minimum atomic E-state index is -4.13. The number of morpholine rings is 1. The van der Waals surface area contributed by atoms with Gasteiger partial charge in [0.15, 0.2) is 0 Å². The zero-order chi connectivity index (χ0) is 13.1. The van der Waals surface area contributed by atoms with Gasteiger partial charge >= 0.3 is 6.18 Å². The Morgan fingerprint density at radius 2 is 2.06 bits per heavy atom. The van der Waals surface area contributed by atoms with Crippen molar-refractivity contribution in [1.29, 1.82) is 0 Å². The number of ether oxygens (including phenoxy) is 1. The Kier molecular flexibility index (Phi) is 4.80. The van der Waals surface area contributed by atoms with Crippen LogP contribution in [0.1, 0.15) is 20.8 Å². The van der Waals surface area contributed by atoms with Gasteiger partial charge in [-0.25, -0.2) is 0 Å². The van der Waals surface area contributed by atoms with Crippen LogP contribution in [0.3, 0.4) is 0 Å². The minimum Gasteiger partial charge on any atom is -0.370 e. The summed E-state index contributed by atoms with van der Waals surface area (Å²) in [7, 11) is 0. The second kappa shape index (κ2) is 5.54. The van der Waals surface area contributed by atoms with E-state index in [1.54, 1.807) is 0 Å². The Bertz CT molecular complexity index is 243. The van der Waals surface area contributed by atoms with Crippen molar-refractivity contribution < 1.29 is 17.9 Å². The highest BCUT2D eigenvalue weighted by Crippen LogP contribution is 2.20. The van der Waals surface area contributed by atoms with Crippen LogP contribution in [0.4, 0.5) is 13.2 Å². The highest BCUT2D eigenvalue weighted by molar-refractivity contribution is 4.82. The molecule has 17 heavy (non-hydrogen) atoms. The van der Waals surface area contributed by atoms with Gasteiger partial charge in [-0.3, -0.25) is 4.90 Å². The van der Waals surface area contributed by atoms with E-state index < -0.39 is 12.7 Å². The van der Waals surface area contributed by atoms with E-state index in [1.807, 2.05) is 20.8 Å². The molecule has 6 heteroatoms. The zero-order valence-electron chi connectivity index (χ0n) is 10.6. The van der Waals surface area contributed by atoms with E-state index in [1.165, 1.54) is 0 Å². The van der Waals surface area contributed by atoms with Crippen LogP contribution in [0, 0.1) is 0 Å². The summed E-state index contributed by atoms with van der Waals surface area (Å²) < 4.78 is 41.5. The number of alkyl halides is 3. The summed E-state index contributed by atoms with van der Waals surface area (Å²) in [4.78, 5) is 2.14. The molecule has 0 spiro atoms. The van der Waals surface area contributed by atoms with Gasteiger partial charge in [-0.2, -0.15) is 13.2 Å². The van der Waals surface area contributed by atoms with Crippen molar-refractivity contribution in [1.82, 2.24) is 10.2 Å². The topological polar surface area (TPSA) is 24.5 Å². The van der Waals surface area contributed by atoms with Gasteiger partial charge in [0.25, 0.3) is 0 Å². The van der Waals surface area contributed by atoms with Crippen LogP contribution in [-0.2, 0) is 4.74 Å². The van der Waals surface area contributed by atoms with Crippen molar-refractivity contribution >= 4 is 0 Å². The third-order valence-electron chi connectivity index (χ3n) is 2.57. The molecule has 0 saturated carbocycles. The molecule has 1 unspecified atom stereocenters. The van der Waals surface area contributed by atoms with E-state index >= 15 is 0 Å². The molecule has 0 bridgehead atoms. The smallest absolute Gasteiger partial charge is 0.370 e. The quantitative estimate of drug-likeness (QED) is 0.772. The Balaban J connectivity index is 2.23. The Morgan fingerprint density at radius 1 is 1.41 bits per heavy atom. The summed E-state index contributed by atoms with van der Waals surface area (Å²) in [6.07, 6.45) is -4.00. The third kappa shape index (κ3) is 6.24. The van der Waals surface area contributed by atoms with E-state index in [9.17, 15) is 13.2 Å². The van der Waals surface area contributed by atoms with Crippen LogP contribution in [0.2, 0.25) is 0 Å². The summed E-state index contributed by atoms with van der Waals surface area (Å²) in [5.41, 5.74) is -0.221. The molecular formula is C11H21F3N2O. The van der Waals surface area contributed by atoms with Gasteiger partial charge in [-0.1, -0.05) is 0 Å².